The van der Waals surface area contributed by atoms with Crippen LogP contribution in [-0.2, 0) is 4.74 Å². The second-order valence-electron chi connectivity index (χ2n) is 5.38. The van der Waals surface area contributed by atoms with Crippen LogP contribution in [0.1, 0.15) is 37.4 Å². The topological polar surface area (TPSA) is 50.9 Å². The van der Waals surface area contributed by atoms with Gasteiger partial charge in [0, 0.05) is 20.2 Å². The minimum atomic E-state index is -0.249. The van der Waals surface area contributed by atoms with Gasteiger partial charge in [0.1, 0.15) is 11.9 Å². The molecule has 21 heavy (non-hydrogen) atoms. The van der Waals surface area contributed by atoms with Crippen LogP contribution in [0.3, 0.4) is 0 Å². The lowest BCUT2D eigenvalue weighted by molar-refractivity contribution is 0.110. The molecule has 0 aromatic heterocycles. The van der Waals surface area contributed by atoms with Gasteiger partial charge in [-0.15, -0.1) is 0 Å². The minimum absolute atomic E-state index is 0.198. The van der Waals surface area contributed by atoms with Crippen molar-refractivity contribution in [3.63, 3.8) is 0 Å². The van der Waals surface area contributed by atoms with Gasteiger partial charge in [-0.05, 0) is 30.5 Å². The molecule has 1 atom stereocenters. The summed E-state index contributed by atoms with van der Waals surface area (Å²) in [6.07, 6.45) is 4.67. The van der Waals surface area contributed by atoms with Crippen molar-refractivity contribution in [1.82, 2.24) is 4.90 Å². The van der Waals surface area contributed by atoms with Crippen molar-refractivity contribution in [1.29, 1.82) is 0 Å². The molecule has 1 saturated heterocycles. The summed E-state index contributed by atoms with van der Waals surface area (Å²) >= 11 is 0. The van der Waals surface area contributed by atoms with Crippen LogP contribution in [0.25, 0.3) is 0 Å². The van der Waals surface area contributed by atoms with Crippen LogP contribution in [0.4, 0.5) is 4.39 Å². The molecule has 1 heterocycles. The van der Waals surface area contributed by atoms with E-state index in [1.807, 2.05) is 0 Å². The normalized spacial score (nSPS) is 18.4. The molecule has 0 bridgehead atoms. The summed E-state index contributed by atoms with van der Waals surface area (Å²) in [5, 5.41) is 0. The number of ether oxygens (including phenoxy) is 1. The molecule has 116 valence electrons. The van der Waals surface area contributed by atoms with E-state index in [9.17, 15) is 4.39 Å². The van der Waals surface area contributed by atoms with E-state index in [0.717, 1.165) is 18.7 Å². The Balaban J connectivity index is 1.97. The Kier molecular flexibility index (Phi) is 5.99. The lowest BCUT2D eigenvalue weighted by Crippen LogP contribution is -2.38. The van der Waals surface area contributed by atoms with Crippen molar-refractivity contribution in [2.75, 3.05) is 26.7 Å². The highest BCUT2D eigenvalue weighted by Crippen LogP contribution is 2.17. The Morgan fingerprint density at radius 3 is 2.43 bits per heavy atom. The van der Waals surface area contributed by atoms with Crippen LogP contribution in [0.5, 0.6) is 0 Å². The number of halogens is 1. The maximum absolute atomic E-state index is 13.0. The second-order valence-corrected chi connectivity index (χ2v) is 5.38. The lowest BCUT2D eigenvalue weighted by atomic mass is 10.1. The Bertz CT molecular complexity index is 453. The number of likely N-dealkylation sites (tertiary alicyclic amines) is 1. The van der Waals surface area contributed by atoms with Gasteiger partial charge < -0.3 is 15.4 Å². The number of hydrogen-bond acceptors (Lipinski definition) is 2. The summed E-state index contributed by atoms with van der Waals surface area (Å²) in [7, 11) is 1.63. The van der Waals surface area contributed by atoms with Crippen LogP contribution in [-0.4, -0.2) is 37.6 Å². The van der Waals surface area contributed by atoms with Gasteiger partial charge in [-0.1, -0.05) is 25.0 Å². The summed E-state index contributed by atoms with van der Waals surface area (Å²) < 4.78 is 18.4. The van der Waals surface area contributed by atoms with E-state index in [4.69, 9.17) is 10.5 Å². The van der Waals surface area contributed by atoms with E-state index in [0.29, 0.717) is 12.5 Å². The summed E-state index contributed by atoms with van der Waals surface area (Å²) in [5.41, 5.74) is 6.99. The molecule has 0 saturated carbocycles. The summed E-state index contributed by atoms with van der Waals surface area (Å²) in [6, 6.07) is 6.31. The first-order chi connectivity index (χ1) is 10.2. The largest absolute Gasteiger partial charge is 0.375 e. The van der Waals surface area contributed by atoms with Crippen molar-refractivity contribution in [3.05, 3.63) is 35.6 Å². The molecule has 0 aliphatic carbocycles. The van der Waals surface area contributed by atoms with E-state index < -0.39 is 0 Å². The van der Waals surface area contributed by atoms with Gasteiger partial charge in [-0.2, -0.15) is 0 Å². The molecular weight excluding hydrogens is 269 g/mol. The number of hydrogen-bond donors (Lipinski definition) is 1. The van der Waals surface area contributed by atoms with Crippen molar-refractivity contribution in [2.24, 2.45) is 10.7 Å². The molecule has 1 fully saturated rings. The SMILES string of the molecule is COC(CN=C(N)N1CCCCCC1)c1ccc(F)cc1. The van der Waals surface area contributed by atoms with E-state index >= 15 is 0 Å². The average molecular weight is 293 g/mol. The van der Waals surface area contributed by atoms with Gasteiger partial charge in [0.2, 0.25) is 0 Å². The Hall–Kier alpha value is -1.62. The van der Waals surface area contributed by atoms with E-state index in [2.05, 4.69) is 9.89 Å². The van der Waals surface area contributed by atoms with Crippen LogP contribution in [0.15, 0.2) is 29.3 Å². The molecule has 1 aliphatic heterocycles. The Labute approximate surface area is 125 Å². The second kappa shape index (κ2) is 7.98. The fourth-order valence-electron chi connectivity index (χ4n) is 2.57. The molecule has 2 rings (SSSR count). The smallest absolute Gasteiger partial charge is 0.191 e. The number of nitrogens with zero attached hydrogens (tertiary/aromatic N) is 2. The maximum Gasteiger partial charge on any atom is 0.191 e. The zero-order valence-corrected chi connectivity index (χ0v) is 12.6. The van der Waals surface area contributed by atoms with E-state index in [1.54, 1.807) is 19.2 Å². The first-order valence-electron chi connectivity index (χ1n) is 7.54. The van der Waals surface area contributed by atoms with E-state index in [-0.39, 0.29) is 11.9 Å². The lowest BCUT2D eigenvalue weighted by Gasteiger charge is -2.22. The average Bonchev–Trinajstić information content (AvgIpc) is 2.78. The van der Waals surface area contributed by atoms with Crippen molar-refractivity contribution in [3.8, 4) is 0 Å². The quantitative estimate of drug-likeness (QED) is 0.686. The molecule has 4 nitrogen and oxygen atoms in total. The first kappa shape index (κ1) is 15.8. The Morgan fingerprint density at radius 2 is 1.86 bits per heavy atom. The summed E-state index contributed by atoms with van der Waals surface area (Å²) in [6.45, 7) is 2.40. The zero-order chi connectivity index (χ0) is 15.1. The van der Waals surface area contributed by atoms with Gasteiger partial charge in [0.25, 0.3) is 0 Å². The number of methoxy groups -OCH3 is 1. The molecule has 1 unspecified atom stereocenters. The molecule has 0 amide bonds. The maximum atomic E-state index is 13.0. The fraction of sp³-hybridized carbons (Fsp3) is 0.562. The molecule has 1 aromatic carbocycles. The molecular formula is C16H24FN3O. The molecule has 1 aromatic rings. The molecule has 1 aliphatic rings. The standard InChI is InChI=1S/C16H24FN3O/c1-21-15(13-6-8-14(17)9-7-13)12-19-16(18)20-10-4-2-3-5-11-20/h6-9,15H,2-5,10-12H2,1H3,(H2,18,19). The van der Waals surface area contributed by atoms with Crippen molar-refractivity contribution in [2.45, 2.75) is 31.8 Å². The number of guanidine groups is 1. The molecule has 2 N–H and O–H groups in total. The minimum Gasteiger partial charge on any atom is -0.375 e. The highest BCUT2D eigenvalue weighted by atomic mass is 19.1. The molecule has 0 spiro atoms. The molecule has 0 radical (unpaired) electrons. The third-order valence-electron chi connectivity index (χ3n) is 3.88. The highest BCUT2D eigenvalue weighted by Gasteiger charge is 2.13. The fourth-order valence-corrected chi connectivity index (χ4v) is 2.57. The number of nitrogens with two attached hydrogens (primary N) is 1. The van der Waals surface area contributed by atoms with Gasteiger partial charge in [-0.25, -0.2) is 4.39 Å². The predicted molar refractivity (Wildman–Crippen MR) is 82.7 cm³/mol. The number of benzene rings is 1. The number of rotatable bonds is 4. The third-order valence-corrected chi connectivity index (χ3v) is 3.88. The third kappa shape index (κ3) is 4.70. The zero-order valence-electron chi connectivity index (χ0n) is 12.6. The molecule has 5 heteroatoms. The first-order valence-corrected chi connectivity index (χ1v) is 7.54. The van der Waals surface area contributed by atoms with Gasteiger partial charge >= 0.3 is 0 Å². The summed E-state index contributed by atoms with van der Waals surface area (Å²) in [4.78, 5) is 6.60. The van der Waals surface area contributed by atoms with Crippen molar-refractivity contribution >= 4 is 5.96 Å². The Morgan fingerprint density at radius 1 is 1.24 bits per heavy atom. The number of aliphatic imine (C=N–C) groups is 1. The van der Waals surface area contributed by atoms with Crippen LogP contribution >= 0.6 is 0 Å². The van der Waals surface area contributed by atoms with Gasteiger partial charge in [0.05, 0.1) is 6.54 Å². The monoisotopic (exact) mass is 293 g/mol. The van der Waals surface area contributed by atoms with Crippen LogP contribution < -0.4 is 5.73 Å². The van der Waals surface area contributed by atoms with Crippen molar-refractivity contribution < 1.29 is 9.13 Å². The van der Waals surface area contributed by atoms with Crippen LogP contribution in [0, 0.1) is 5.82 Å². The summed E-state index contributed by atoms with van der Waals surface area (Å²) in [5.74, 6) is 0.335. The predicted octanol–water partition coefficient (Wildman–Crippen LogP) is 2.70. The highest BCUT2D eigenvalue weighted by molar-refractivity contribution is 5.78. The van der Waals surface area contributed by atoms with Gasteiger partial charge in [0.15, 0.2) is 5.96 Å². The van der Waals surface area contributed by atoms with Gasteiger partial charge in [-0.3, -0.25) is 4.99 Å². The van der Waals surface area contributed by atoms with E-state index in [1.165, 1.54) is 37.8 Å². The van der Waals surface area contributed by atoms with Crippen LogP contribution in [0.2, 0.25) is 0 Å².